The number of carbonyl (C=O) groups is 1. The Hall–Kier alpha value is -3.05. The molecule has 1 amide bonds. The van der Waals surface area contributed by atoms with Crippen LogP contribution in [0.5, 0.6) is 0 Å². The van der Waals surface area contributed by atoms with E-state index in [0.29, 0.717) is 23.6 Å². The lowest BCUT2D eigenvalue weighted by atomic mass is 10.1. The van der Waals surface area contributed by atoms with Crippen LogP contribution in [-0.4, -0.2) is 22.4 Å². The zero-order chi connectivity index (χ0) is 18.8. The molecule has 0 radical (unpaired) electrons. The van der Waals surface area contributed by atoms with E-state index in [9.17, 15) is 9.59 Å². The quantitative estimate of drug-likeness (QED) is 0.495. The van der Waals surface area contributed by atoms with E-state index in [0.717, 1.165) is 27.4 Å². The van der Waals surface area contributed by atoms with E-state index in [4.69, 9.17) is 11.6 Å². The van der Waals surface area contributed by atoms with E-state index in [-0.39, 0.29) is 17.9 Å². The van der Waals surface area contributed by atoms with Crippen LogP contribution in [0.4, 0.5) is 0 Å². The van der Waals surface area contributed by atoms with Crippen LogP contribution < -0.4 is 10.9 Å². The summed E-state index contributed by atoms with van der Waals surface area (Å²) >= 11 is 6.04. The molecule has 0 saturated carbocycles. The van der Waals surface area contributed by atoms with Gasteiger partial charge in [-0.15, -0.1) is 0 Å². The van der Waals surface area contributed by atoms with Crippen LogP contribution in [0.15, 0.2) is 59.5 Å². The van der Waals surface area contributed by atoms with Gasteiger partial charge in [0.1, 0.15) is 0 Å². The maximum absolute atomic E-state index is 12.3. The molecule has 4 rings (SSSR count). The number of rotatable bonds is 5. The molecule has 4 aromatic rings. The molecule has 2 aromatic carbocycles. The second-order valence-corrected chi connectivity index (χ2v) is 6.93. The summed E-state index contributed by atoms with van der Waals surface area (Å²) in [5, 5.41) is 5.45. The number of fused-ring (bicyclic) bond motifs is 2. The minimum Gasteiger partial charge on any atom is -0.361 e. The monoisotopic (exact) mass is 379 g/mol. The van der Waals surface area contributed by atoms with Gasteiger partial charge < -0.3 is 15.3 Å². The Labute approximate surface area is 160 Å². The van der Waals surface area contributed by atoms with Gasteiger partial charge in [0, 0.05) is 39.7 Å². The minimum absolute atomic E-state index is 0.0897. The van der Waals surface area contributed by atoms with Crippen molar-refractivity contribution in [2.45, 2.75) is 12.8 Å². The molecular formula is C21H18ClN3O2. The molecule has 0 unspecified atom stereocenters. The Bertz CT molecular complexity index is 1190. The fraction of sp³-hybridized carbons (Fsp3) is 0.143. The first kappa shape index (κ1) is 17.4. The van der Waals surface area contributed by atoms with Crippen molar-refractivity contribution in [3.63, 3.8) is 0 Å². The average molecular weight is 380 g/mol. The van der Waals surface area contributed by atoms with Gasteiger partial charge in [0.15, 0.2) is 0 Å². The summed E-state index contributed by atoms with van der Waals surface area (Å²) in [4.78, 5) is 30.5. The summed E-state index contributed by atoms with van der Waals surface area (Å²) in [6.07, 6.45) is 2.56. The summed E-state index contributed by atoms with van der Waals surface area (Å²) in [5.41, 5.74) is 3.20. The molecule has 0 atom stereocenters. The molecule has 27 heavy (non-hydrogen) atoms. The van der Waals surface area contributed by atoms with Crippen LogP contribution >= 0.6 is 11.6 Å². The van der Waals surface area contributed by atoms with E-state index in [1.54, 1.807) is 0 Å². The number of nitrogens with one attached hydrogen (secondary N) is 3. The van der Waals surface area contributed by atoms with Gasteiger partial charge in [0.2, 0.25) is 5.91 Å². The molecule has 0 aliphatic rings. The number of aromatic nitrogens is 2. The molecule has 3 N–H and O–H groups in total. The van der Waals surface area contributed by atoms with Crippen LogP contribution in [0.25, 0.3) is 21.8 Å². The Morgan fingerprint density at radius 3 is 2.78 bits per heavy atom. The highest BCUT2D eigenvalue weighted by atomic mass is 35.5. The fourth-order valence-corrected chi connectivity index (χ4v) is 3.42. The highest BCUT2D eigenvalue weighted by Gasteiger charge is 2.10. The third-order valence-corrected chi connectivity index (χ3v) is 4.86. The number of benzene rings is 2. The van der Waals surface area contributed by atoms with Gasteiger partial charge in [-0.3, -0.25) is 9.59 Å². The summed E-state index contributed by atoms with van der Waals surface area (Å²) in [6.45, 7) is 0.406. The number of H-pyrrole nitrogens is 2. The van der Waals surface area contributed by atoms with Gasteiger partial charge in [-0.1, -0.05) is 29.8 Å². The van der Waals surface area contributed by atoms with E-state index in [1.165, 1.54) is 0 Å². The van der Waals surface area contributed by atoms with Gasteiger partial charge >= 0.3 is 0 Å². The maximum Gasteiger partial charge on any atom is 0.251 e. The summed E-state index contributed by atoms with van der Waals surface area (Å²) in [6, 6.07) is 15.1. The molecule has 0 aliphatic heterocycles. The molecule has 136 valence electrons. The first-order valence-corrected chi connectivity index (χ1v) is 9.11. The third-order valence-electron chi connectivity index (χ3n) is 4.63. The molecule has 0 aliphatic carbocycles. The van der Waals surface area contributed by atoms with Crippen LogP contribution in [-0.2, 0) is 17.6 Å². The van der Waals surface area contributed by atoms with Crippen molar-refractivity contribution in [2.24, 2.45) is 0 Å². The number of amides is 1. The lowest BCUT2D eigenvalue weighted by Crippen LogP contribution is -2.28. The summed E-state index contributed by atoms with van der Waals surface area (Å²) in [7, 11) is 0. The lowest BCUT2D eigenvalue weighted by Gasteiger charge is -2.06. The normalized spacial score (nSPS) is 11.1. The number of para-hydroxylation sites is 1. The predicted octanol–water partition coefficient (Wildman–Crippen LogP) is 3.56. The first-order valence-electron chi connectivity index (χ1n) is 8.73. The molecule has 0 spiro atoms. The van der Waals surface area contributed by atoms with Crippen LogP contribution in [0, 0.1) is 0 Å². The van der Waals surface area contributed by atoms with Gasteiger partial charge in [-0.25, -0.2) is 0 Å². The standard InChI is InChI=1S/C21H18ClN3O2/c22-16-5-6-19-17(11-16)15(12-24-19)10-20(26)23-8-7-14-9-13-3-1-2-4-18(13)25-21(14)27/h1-6,9,11-12,24H,7-8,10H2,(H,23,26)(H,25,27). The van der Waals surface area contributed by atoms with Crippen molar-refractivity contribution >= 4 is 39.3 Å². The van der Waals surface area contributed by atoms with E-state index < -0.39 is 0 Å². The van der Waals surface area contributed by atoms with Gasteiger partial charge in [0.25, 0.3) is 5.56 Å². The van der Waals surface area contributed by atoms with Crippen molar-refractivity contribution in [3.05, 3.63) is 81.2 Å². The third kappa shape index (κ3) is 3.73. The van der Waals surface area contributed by atoms with E-state index in [2.05, 4.69) is 15.3 Å². The van der Waals surface area contributed by atoms with Gasteiger partial charge in [0.05, 0.1) is 6.42 Å². The Morgan fingerprint density at radius 1 is 1.04 bits per heavy atom. The van der Waals surface area contributed by atoms with Crippen molar-refractivity contribution in [1.82, 2.24) is 15.3 Å². The smallest absolute Gasteiger partial charge is 0.251 e. The Balaban J connectivity index is 1.40. The second-order valence-electron chi connectivity index (χ2n) is 6.49. The highest BCUT2D eigenvalue weighted by Crippen LogP contribution is 2.22. The summed E-state index contributed by atoms with van der Waals surface area (Å²) < 4.78 is 0. The summed E-state index contributed by atoms with van der Waals surface area (Å²) in [5.74, 6) is -0.0897. The number of hydrogen-bond donors (Lipinski definition) is 3. The van der Waals surface area contributed by atoms with E-state index in [1.807, 2.05) is 54.7 Å². The maximum atomic E-state index is 12.3. The lowest BCUT2D eigenvalue weighted by molar-refractivity contribution is -0.120. The van der Waals surface area contributed by atoms with Crippen molar-refractivity contribution in [3.8, 4) is 0 Å². The zero-order valence-corrected chi connectivity index (χ0v) is 15.3. The van der Waals surface area contributed by atoms with Gasteiger partial charge in [-0.2, -0.15) is 0 Å². The Kier molecular flexibility index (Phi) is 4.69. The molecule has 6 heteroatoms. The van der Waals surface area contributed by atoms with Crippen LogP contribution in [0.1, 0.15) is 11.1 Å². The molecule has 5 nitrogen and oxygen atoms in total. The molecule has 2 heterocycles. The number of halogens is 1. The van der Waals surface area contributed by atoms with Crippen LogP contribution in [0.3, 0.4) is 0 Å². The number of carbonyl (C=O) groups excluding carboxylic acids is 1. The molecule has 0 fully saturated rings. The predicted molar refractivity (Wildman–Crippen MR) is 108 cm³/mol. The minimum atomic E-state index is -0.116. The average Bonchev–Trinajstić information content (AvgIpc) is 3.04. The van der Waals surface area contributed by atoms with Crippen molar-refractivity contribution in [2.75, 3.05) is 6.54 Å². The van der Waals surface area contributed by atoms with Crippen LogP contribution in [0.2, 0.25) is 5.02 Å². The largest absolute Gasteiger partial charge is 0.361 e. The molecule has 0 bridgehead atoms. The highest BCUT2D eigenvalue weighted by molar-refractivity contribution is 6.31. The number of hydrogen-bond acceptors (Lipinski definition) is 2. The second kappa shape index (κ2) is 7.29. The van der Waals surface area contributed by atoms with Crippen molar-refractivity contribution < 1.29 is 4.79 Å². The molecule has 0 saturated heterocycles. The molecule has 2 aromatic heterocycles. The SMILES string of the molecule is O=C(Cc1c[nH]c2ccc(Cl)cc12)NCCc1cc2ccccc2[nH]c1=O. The van der Waals surface area contributed by atoms with Crippen molar-refractivity contribution in [1.29, 1.82) is 0 Å². The number of aromatic amines is 2. The molecular weight excluding hydrogens is 362 g/mol. The zero-order valence-electron chi connectivity index (χ0n) is 14.5. The Morgan fingerprint density at radius 2 is 1.89 bits per heavy atom. The van der Waals surface area contributed by atoms with E-state index >= 15 is 0 Å². The van der Waals surface area contributed by atoms with Gasteiger partial charge in [-0.05, 0) is 47.7 Å². The first-order chi connectivity index (χ1) is 13.1. The fourth-order valence-electron chi connectivity index (χ4n) is 3.25. The number of pyridine rings is 1. The topological polar surface area (TPSA) is 77.8 Å².